The number of hydrogen-bond donors (Lipinski definition) is 0. The average molecular weight is 128 g/mol. The van der Waals surface area contributed by atoms with E-state index in [-0.39, 0.29) is 0 Å². The van der Waals surface area contributed by atoms with Crippen LogP contribution in [0.2, 0.25) is 0 Å². The van der Waals surface area contributed by atoms with E-state index in [1.807, 2.05) is 0 Å². The summed E-state index contributed by atoms with van der Waals surface area (Å²) in [7, 11) is 0. The first kappa shape index (κ1) is 5.69. The molecule has 0 aromatic carbocycles. The molecule has 2 heteroatoms. The summed E-state index contributed by atoms with van der Waals surface area (Å²) in [4.78, 5) is 0. The first-order valence-corrected chi connectivity index (χ1v) is 3.64. The molecule has 0 saturated carbocycles. The molecule has 0 aromatic heterocycles. The van der Waals surface area contributed by atoms with Crippen LogP contribution in [0.1, 0.15) is 12.8 Å². The fourth-order valence-electron chi connectivity index (χ4n) is 1.35. The second-order valence-electron chi connectivity index (χ2n) is 2.92. The Hall–Kier alpha value is -0.0800. The monoisotopic (exact) mass is 128 g/mol. The highest BCUT2D eigenvalue weighted by Crippen LogP contribution is 2.24. The van der Waals surface area contributed by atoms with E-state index in [1.165, 1.54) is 12.8 Å². The predicted molar refractivity (Wildman–Crippen MR) is 33.3 cm³/mol. The van der Waals surface area contributed by atoms with E-state index >= 15 is 0 Å². The highest BCUT2D eigenvalue weighted by Gasteiger charge is 2.28. The molecule has 2 aliphatic heterocycles. The van der Waals surface area contributed by atoms with Crippen molar-refractivity contribution in [2.45, 2.75) is 18.9 Å². The molecule has 52 valence electrons. The van der Waals surface area contributed by atoms with Crippen molar-refractivity contribution < 1.29 is 9.47 Å². The molecule has 0 aromatic rings. The van der Waals surface area contributed by atoms with Gasteiger partial charge in [0, 0.05) is 13.2 Å². The first-order valence-electron chi connectivity index (χ1n) is 3.64. The van der Waals surface area contributed by atoms with Crippen LogP contribution in [0, 0.1) is 5.92 Å². The molecule has 2 fully saturated rings. The lowest BCUT2D eigenvalue weighted by atomic mass is 10.0. The Kier molecular flexibility index (Phi) is 1.44. The van der Waals surface area contributed by atoms with Gasteiger partial charge in [0.2, 0.25) is 0 Å². The maximum Gasteiger partial charge on any atom is 0.0813 e. The van der Waals surface area contributed by atoms with Crippen molar-refractivity contribution >= 4 is 0 Å². The normalized spacial score (nSPS) is 41.3. The number of rotatable bonds is 2. The SMILES string of the molecule is C1C[C@@H](C[C@@H]2CO2)CO1. The van der Waals surface area contributed by atoms with Crippen molar-refractivity contribution in [1.82, 2.24) is 0 Å². The smallest absolute Gasteiger partial charge is 0.0813 e. The fourth-order valence-corrected chi connectivity index (χ4v) is 1.35. The van der Waals surface area contributed by atoms with Gasteiger partial charge in [0.05, 0.1) is 12.7 Å². The van der Waals surface area contributed by atoms with Gasteiger partial charge in [-0.15, -0.1) is 0 Å². The first-order chi connectivity index (χ1) is 4.45. The standard InChI is InChI=1S/C7H12O2/c1-2-8-4-6(1)3-7-5-9-7/h6-7H,1-5H2/t6-,7+/m0/s1. The maximum absolute atomic E-state index is 5.23. The summed E-state index contributed by atoms with van der Waals surface area (Å²) in [5.74, 6) is 0.803. The van der Waals surface area contributed by atoms with Crippen LogP contribution in [0.3, 0.4) is 0 Å². The molecule has 2 heterocycles. The van der Waals surface area contributed by atoms with Crippen LogP contribution in [0.25, 0.3) is 0 Å². The summed E-state index contributed by atoms with van der Waals surface area (Å²) in [6, 6.07) is 0. The summed E-state index contributed by atoms with van der Waals surface area (Å²) in [6.45, 7) is 2.94. The van der Waals surface area contributed by atoms with E-state index in [4.69, 9.17) is 9.47 Å². The third kappa shape index (κ3) is 1.43. The molecule has 0 unspecified atom stereocenters. The zero-order valence-electron chi connectivity index (χ0n) is 5.51. The lowest BCUT2D eigenvalue weighted by Crippen LogP contribution is -2.02. The van der Waals surface area contributed by atoms with E-state index < -0.39 is 0 Å². The second kappa shape index (κ2) is 2.27. The van der Waals surface area contributed by atoms with Crippen molar-refractivity contribution in [3.05, 3.63) is 0 Å². The molecule has 0 aliphatic carbocycles. The van der Waals surface area contributed by atoms with Gasteiger partial charge in [0.1, 0.15) is 0 Å². The van der Waals surface area contributed by atoms with Crippen molar-refractivity contribution in [1.29, 1.82) is 0 Å². The Labute approximate surface area is 55.1 Å². The molecular formula is C7H12O2. The predicted octanol–water partition coefficient (Wildman–Crippen LogP) is 0.812. The van der Waals surface area contributed by atoms with Crippen molar-refractivity contribution in [2.24, 2.45) is 5.92 Å². The van der Waals surface area contributed by atoms with Crippen LogP contribution in [0.5, 0.6) is 0 Å². The summed E-state index contributed by atoms with van der Waals surface area (Å²) in [5.41, 5.74) is 0. The summed E-state index contributed by atoms with van der Waals surface area (Å²) in [5, 5.41) is 0. The van der Waals surface area contributed by atoms with Gasteiger partial charge in [-0.2, -0.15) is 0 Å². The molecule has 9 heavy (non-hydrogen) atoms. The summed E-state index contributed by atoms with van der Waals surface area (Å²) >= 11 is 0. The van der Waals surface area contributed by atoms with Gasteiger partial charge >= 0.3 is 0 Å². The molecular weight excluding hydrogens is 116 g/mol. The van der Waals surface area contributed by atoms with E-state index in [0.717, 1.165) is 25.7 Å². The third-order valence-electron chi connectivity index (χ3n) is 2.02. The molecule has 2 nitrogen and oxygen atoms in total. The highest BCUT2D eigenvalue weighted by molar-refractivity contribution is 4.75. The van der Waals surface area contributed by atoms with Gasteiger partial charge in [0.15, 0.2) is 0 Å². The largest absolute Gasteiger partial charge is 0.381 e. The number of hydrogen-bond acceptors (Lipinski definition) is 2. The minimum atomic E-state index is 0.594. The fraction of sp³-hybridized carbons (Fsp3) is 1.00. The van der Waals surface area contributed by atoms with Crippen LogP contribution in [0.15, 0.2) is 0 Å². The minimum Gasteiger partial charge on any atom is -0.381 e. The van der Waals surface area contributed by atoms with E-state index in [2.05, 4.69) is 0 Å². The molecule has 0 N–H and O–H groups in total. The molecule has 2 saturated heterocycles. The molecule has 0 spiro atoms. The Morgan fingerprint density at radius 2 is 2.22 bits per heavy atom. The number of ether oxygens (including phenoxy) is 2. The molecule has 0 radical (unpaired) electrons. The van der Waals surface area contributed by atoms with E-state index in [0.29, 0.717) is 6.10 Å². The van der Waals surface area contributed by atoms with Crippen molar-refractivity contribution in [3.8, 4) is 0 Å². The van der Waals surface area contributed by atoms with Gasteiger partial charge in [-0.25, -0.2) is 0 Å². The Morgan fingerprint density at radius 1 is 1.33 bits per heavy atom. The van der Waals surface area contributed by atoms with Gasteiger partial charge in [-0.1, -0.05) is 0 Å². The Balaban J connectivity index is 1.70. The van der Waals surface area contributed by atoms with Crippen LogP contribution in [-0.2, 0) is 9.47 Å². The van der Waals surface area contributed by atoms with E-state index in [9.17, 15) is 0 Å². The van der Waals surface area contributed by atoms with Crippen LogP contribution in [-0.4, -0.2) is 25.9 Å². The van der Waals surface area contributed by atoms with Gasteiger partial charge in [-0.3, -0.25) is 0 Å². The van der Waals surface area contributed by atoms with Gasteiger partial charge in [0.25, 0.3) is 0 Å². The zero-order valence-corrected chi connectivity index (χ0v) is 5.51. The quantitative estimate of drug-likeness (QED) is 0.513. The van der Waals surface area contributed by atoms with Crippen molar-refractivity contribution in [3.63, 3.8) is 0 Å². The van der Waals surface area contributed by atoms with Crippen molar-refractivity contribution in [2.75, 3.05) is 19.8 Å². The van der Waals surface area contributed by atoms with E-state index in [1.54, 1.807) is 0 Å². The average Bonchev–Trinajstić information content (AvgIpc) is 2.46. The maximum atomic E-state index is 5.23. The van der Waals surface area contributed by atoms with Gasteiger partial charge in [-0.05, 0) is 18.8 Å². The molecule has 2 atom stereocenters. The Bertz CT molecular complexity index is 93.1. The summed E-state index contributed by atoms with van der Waals surface area (Å²) in [6.07, 6.45) is 3.08. The minimum absolute atomic E-state index is 0.594. The molecule has 2 rings (SSSR count). The van der Waals surface area contributed by atoms with Crippen LogP contribution >= 0.6 is 0 Å². The summed E-state index contributed by atoms with van der Waals surface area (Å²) < 4.78 is 10.3. The third-order valence-corrected chi connectivity index (χ3v) is 2.02. The second-order valence-corrected chi connectivity index (χ2v) is 2.92. The lowest BCUT2D eigenvalue weighted by Gasteiger charge is -2.01. The molecule has 0 bridgehead atoms. The highest BCUT2D eigenvalue weighted by atomic mass is 16.6. The molecule has 2 aliphatic rings. The van der Waals surface area contributed by atoms with Gasteiger partial charge < -0.3 is 9.47 Å². The topological polar surface area (TPSA) is 21.8 Å². The zero-order chi connectivity index (χ0) is 6.10. The Morgan fingerprint density at radius 3 is 2.78 bits per heavy atom. The lowest BCUT2D eigenvalue weighted by molar-refractivity contribution is 0.181. The number of epoxide rings is 1. The molecule has 0 amide bonds. The van der Waals surface area contributed by atoms with Crippen LogP contribution < -0.4 is 0 Å². The van der Waals surface area contributed by atoms with Crippen LogP contribution in [0.4, 0.5) is 0 Å².